The third kappa shape index (κ3) is 2.70. The lowest BCUT2D eigenvalue weighted by molar-refractivity contribution is -0.146. The minimum Gasteiger partial charge on any atom is -0.507 e. The van der Waals surface area contributed by atoms with Crippen LogP contribution in [-0.2, 0) is 9.59 Å². The van der Waals surface area contributed by atoms with Crippen LogP contribution in [0.1, 0.15) is 16.7 Å². The molecule has 1 aromatic rings. The first-order valence-corrected chi connectivity index (χ1v) is 4.67. The normalized spacial score (nSPS) is 11.2. The molecule has 1 rings (SSSR count). The Hall–Kier alpha value is -2.10. The summed E-state index contributed by atoms with van der Waals surface area (Å²) in [6, 6.07) is 5.35. The predicted molar refractivity (Wildman–Crippen MR) is 59.2 cm³/mol. The second-order valence-electron chi connectivity index (χ2n) is 3.52. The number of ketones is 1. The molecule has 0 spiro atoms. The van der Waals surface area contributed by atoms with Gasteiger partial charge in [0.1, 0.15) is 5.76 Å². The van der Waals surface area contributed by atoms with Crippen molar-refractivity contribution in [3.05, 3.63) is 41.0 Å². The quantitative estimate of drug-likeness (QED) is 0.463. The Morgan fingerprint density at radius 2 is 1.81 bits per heavy atom. The van der Waals surface area contributed by atoms with Crippen molar-refractivity contribution < 1.29 is 19.8 Å². The summed E-state index contributed by atoms with van der Waals surface area (Å²) >= 11 is 0. The molecule has 4 nitrogen and oxygen atoms in total. The second-order valence-corrected chi connectivity index (χ2v) is 3.52. The van der Waals surface area contributed by atoms with E-state index >= 15 is 0 Å². The van der Waals surface area contributed by atoms with Gasteiger partial charge in [0.05, 0.1) is 0 Å². The first kappa shape index (κ1) is 12.0. The van der Waals surface area contributed by atoms with Crippen LogP contribution in [0.15, 0.2) is 24.3 Å². The summed E-state index contributed by atoms with van der Waals surface area (Å²) in [5.41, 5.74) is 2.16. The molecule has 0 aliphatic heterocycles. The van der Waals surface area contributed by atoms with Crippen LogP contribution in [0.3, 0.4) is 0 Å². The lowest BCUT2D eigenvalue weighted by Gasteiger charge is -2.05. The number of carbonyl (C=O) groups excluding carboxylic acids is 1. The first-order chi connectivity index (χ1) is 7.41. The van der Waals surface area contributed by atoms with E-state index in [0.29, 0.717) is 11.6 Å². The van der Waals surface area contributed by atoms with Gasteiger partial charge in [-0.3, -0.25) is 4.79 Å². The number of aliphatic carboxylic acids is 1. The number of hydrogen-bond acceptors (Lipinski definition) is 3. The van der Waals surface area contributed by atoms with Gasteiger partial charge in [0.25, 0.3) is 5.78 Å². The van der Waals surface area contributed by atoms with Gasteiger partial charge in [-0.25, -0.2) is 4.79 Å². The largest absolute Gasteiger partial charge is 0.507 e. The molecule has 0 fully saturated rings. The van der Waals surface area contributed by atoms with Crippen molar-refractivity contribution in [1.82, 2.24) is 0 Å². The molecule has 1 aromatic carbocycles. The van der Waals surface area contributed by atoms with Gasteiger partial charge in [-0.2, -0.15) is 0 Å². The molecular formula is C12H12O4. The fraction of sp³-hybridized carbons (Fsp3) is 0.167. The number of aryl methyl sites for hydroxylation is 2. The number of aliphatic hydroxyl groups excluding tert-OH is 1. The number of carboxylic acids is 1. The van der Waals surface area contributed by atoms with Crippen LogP contribution >= 0.6 is 0 Å². The maximum atomic E-state index is 10.9. The fourth-order valence-electron chi connectivity index (χ4n) is 1.28. The van der Waals surface area contributed by atoms with E-state index in [1.165, 1.54) is 0 Å². The summed E-state index contributed by atoms with van der Waals surface area (Å²) in [6.45, 7) is 3.61. The van der Waals surface area contributed by atoms with Gasteiger partial charge in [0.15, 0.2) is 0 Å². The number of benzene rings is 1. The average molecular weight is 220 g/mol. The van der Waals surface area contributed by atoms with Gasteiger partial charge in [0, 0.05) is 11.6 Å². The minimum absolute atomic E-state index is 0.325. The van der Waals surface area contributed by atoms with Gasteiger partial charge >= 0.3 is 5.97 Å². The smallest absolute Gasteiger partial charge is 0.376 e. The third-order valence-electron chi connectivity index (χ3n) is 2.15. The molecular weight excluding hydrogens is 208 g/mol. The molecule has 0 bridgehead atoms. The Labute approximate surface area is 92.8 Å². The van der Waals surface area contributed by atoms with Crippen LogP contribution in [0, 0.1) is 13.8 Å². The molecule has 0 saturated heterocycles. The highest BCUT2D eigenvalue weighted by Crippen LogP contribution is 2.18. The van der Waals surface area contributed by atoms with Crippen LogP contribution in [0.5, 0.6) is 0 Å². The highest BCUT2D eigenvalue weighted by atomic mass is 16.4. The van der Waals surface area contributed by atoms with Crippen molar-refractivity contribution in [2.45, 2.75) is 13.8 Å². The monoisotopic (exact) mass is 220 g/mol. The van der Waals surface area contributed by atoms with E-state index in [1.807, 2.05) is 13.0 Å². The molecule has 84 valence electrons. The Morgan fingerprint density at radius 3 is 2.38 bits per heavy atom. The Kier molecular flexibility index (Phi) is 3.45. The van der Waals surface area contributed by atoms with E-state index in [-0.39, 0.29) is 5.76 Å². The number of carboxylic acid groups (broad SMARTS) is 1. The summed E-state index contributed by atoms with van der Waals surface area (Å²) in [5.74, 6) is -3.05. The van der Waals surface area contributed by atoms with Gasteiger partial charge in [-0.05, 0) is 25.5 Å². The zero-order chi connectivity index (χ0) is 12.3. The number of rotatable bonds is 3. The maximum Gasteiger partial charge on any atom is 0.376 e. The van der Waals surface area contributed by atoms with E-state index in [0.717, 1.165) is 11.1 Å². The lowest BCUT2D eigenvalue weighted by Crippen LogP contribution is -2.09. The van der Waals surface area contributed by atoms with Crippen molar-refractivity contribution >= 4 is 17.5 Å². The van der Waals surface area contributed by atoms with E-state index in [2.05, 4.69) is 0 Å². The van der Waals surface area contributed by atoms with E-state index in [9.17, 15) is 14.7 Å². The summed E-state index contributed by atoms with van der Waals surface area (Å²) in [5, 5.41) is 18.0. The molecule has 16 heavy (non-hydrogen) atoms. The van der Waals surface area contributed by atoms with Crippen molar-refractivity contribution in [2.24, 2.45) is 0 Å². The number of hydrogen-bond donors (Lipinski definition) is 2. The van der Waals surface area contributed by atoms with Crippen molar-refractivity contribution in [2.75, 3.05) is 0 Å². The van der Waals surface area contributed by atoms with E-state index in [4.69, 9.17) is 5.11 Å². The SMILES string of the molecule is Cc1ccc(C)c(C(O)=CC(=O)C(=O)O)c1. The Balaban J connectivity index is 3.14. The van der Waals surface area contributed by atoms with Crippen LogP contribution < -0.4 is 0 Å². The summed E-state index contributed by atoms with van der Waals surface area (Å²) in [7, 11) is 0. The van der Waals surface area contributed by atoms with Gasteiger partial charge in [-0.15, -0.1) is 0 Å². The fourth-order valence-corrected chi connectivity index (χ4v) is 1.28. The highest BCUT2D eigenvalue weighted by molar-refractivity contribution is 6.38. The molecule has 0 aliphatic rings. The molecule has 4 heteroatoms. The molecule has 0 radical (unpaired) electrons. The second kappa shape index (κ2) is 4.61. The zero-order valence-electron chi connectivity index (χ0n) is 9.02. The topological polar surface area (TPSA) is 74.6 Å². The molecule has 0 saturated carbocycles. The van der Waals surface area contributed by atoms with Crippen LogP contribution in [0.2, 0.25) is 0 Å². The Morgan fingerprint density at radius 1 is 1.19 bits per heavy atom. The van der Waals surface area contributed by atoms with Crippen LogP contribution in [-0.4, -0.2) is 22.0 Å². The van der Waals surface area contributed by atoms with Crippen molar-refractivity contribution in [1.29, 1.82) is 0 Å². The first-order valence-electron chi connectivity index (χ1n) is 4.67. The highest BCUT2D eigenvalue weighted by Gasteiger charge is 2.11. The van der Waals surface area contributed by atoms with Crippen LogP contribution in [0.25, 0.3) is 5.76 Å². The molecule has 0 aliphatic carbocycles. The zero-order valence-corrected chi connectivity index (χ0v) is 9.02. The van der Waals surface area contributed by atoms with Crippen molar-refractivity contribution in [3.8, 4) is 0 Å². The number of carbonyl (C=O) groups is 2. The van der Waals surface area contributed by atoms with E-state index in [1.54, 1.807) is 19.1 Å². The maximum absolute atomic E-state index is 10.9. The number of aliphatic hydroxyl groups is 1. The predicted octanol–water partition coefficient (Wildman–Crippen LogP) is 1.86. The molecule has 0 aromatic heterocycles. The minimum atomic E-state index is -1.59. The van der Waals surface area contributed by atoms with Crippen LogP contribution in [0.4, 0.5) is 0 Å². The van der Waals surface area contributed by atoms with Gasteiger partial charge in [0.2, 0.25) is 0 Å². The molecule has 0 atom stereocenters. The molecule has 0 heterocycles. The van der Waals surface area contributed by atoms with Gasteiger partial charge < -0.3 is 10.2 Å². The standard InChI is InChI=1S/C12H12O4/c1-7-3-4-8(2)9(5-7)10(13)6-11(14)12(15)16/h3-6,13H,1-2H3,(H,15,16). The lowest BCUT2D eigenvalue weighted by atomic mass is 10.0. The molecule has 2 N–H and O–H groups in total. The van der Waals surface area contributed by atoms with Crippen molar-refractivity contribution in [3.63, 3.8) is 0 Å². The molecule has 0 amide bonds. The summed E-state index contributed by atoms with van der Waals surface area (Å²) in [6.07, 6.45) is 0.712. The summed E-state index contributed by atoms with van der Waals surface area (Å²) in [4.78, 5) is 21.2. The molecule has 0 unspecified atom stereocenters. The Bertz CT molecular complexity index is 472. The van der Waals surface area contributed by atoms with E-state index < -0.39 is 11.8 Å². The van der Waals surface area contributed by atoms with Gasteiger partial charge in [-0.1, -0.05) is 17.7 Å². The average Bonchev–Trinajstić information content (AvgIpc) is 2.21. The third-order valence-corrected chi connectivity index (χ3v) is 2.15. The summed E-state index contributed by atoms with van der Waals surface area (Å²) < 4.78 is 0.